The van der Waals surface area contributed by atoms with E-state index in [1.165, 1.54) is 12.1 Å². The van der Waals surface area contributed by atoms with Crippen molar-refractivity contribution < 1.29 is 9.34 Å². The molecule has 0 aliphatic rings. The molecule has 2 rings (SSSR count). The highest BCUT2D eigenvalue weighted by molar-refractivity contribution is 9.10. The van der Waals surface area contributed by atoms with E-state index in [0.29, 0.717) is 15.9 Å². The topological polar surface area (TPSA) is 94.1 Å². The summed E-state index contributed by atoms with van der Waals surface area (Å²) in [4.78, 5) is 10.4. The normalized spacial score (nSPS) is 12.3. The summed E-state index contributed by atoms with van der Waals surface area (Å²) in [6.45, 7) is 2.00. The van der Waals surface area contributed by atoms with Gasteiger partial charge in [-0.15, -0.1) is 10.2 Å². The maximum atomic E-state index is 10.9. The van der Waals surface area contributed by atoms with Crippen molar-refractivity contribution in [2.75, 3.05) is 7.05 Å². The lowest BCUT2D eigenvalue weighted by Gasteiger charge is -2.07. The second-order valence-corrected chi connectivity index (χ2v) is 5.07. The molecular weight excluding hydrogens is 328 g/mol. The highest BCUT2D eigenvalue weighted by Crippen LogP contribution is 2.29. The summed E-state index contributed by atoms with van der Waals surface area (Å²) >= 11 is 3.24. The molecule has 0 aliphatic carbocycles. The molecule has 0 bridgehead atoms. The number of hydrogen-bond acceptors (Lipinski definition) is 6. The van der Waals surface area contributed by atoms with Crippen LogP contribution in [0.25, 0.3) is 11.5 Å². The van der Waals surface area contributed by atoms with Crippen molar-refractivity contribution in [1.82, 2.24) is 15.5 Å². The summed E-state index contributed by atoms with van der Waals surface area (Å²) in [6.07, 6.45) is 0.802. The van der Waals surface area contributed by atoms with Crippen LogP contribution in [0.15, 0.2) is 27.1 Å². The SMILES string of the molecule is CCC(NC)c1nnc(-c2cc(Br)cc([N+](=O)[O-])c2)o1. The molecule has 0 fully saturated rings. The lowest BCUT2D eigenvalue weighted by Crippen LogP contribution is -2.15. The molecule has 0 spiro atoms. The van der Waals surface area contributed by atoms with Gasteiger partial charge in [0, 0.05) is 22.2 Å². The molecule has 0 saturated heterocycles. The Morgan fingerprint density at radius 2 is 2.20 bits per heavy atom. The Bertz CT molecular complexity index is 625. The summed E-state index contributed by atoms with van der Waals surface area (Å²) in [5, 5.41) is 21.8. The lowest BCUT2D eigenvalue weighted by atomic mass is 10.2. The van der Waals surface area contributed by atoms with Gasteiger partial charge in [-0.2, -0.15) is 0 Å². The Labute approximate surface area is 123 Å². The van der Waals surface area contributed by atoms with E-state index in [0.717, 1.165) is 6.42 Å². The van der Waals surface area contributed by atoms with Crippen LogP contribution in [-0.2, 0) is 0 Å². The van der Waals surface area contributed by atoms with Gasteiger partial charge in [0.15, 0.2) is 0 Å². The third kappa shape index (κ3) is 3.02. The van der Waals surface area contributed by atoms with Gasteiger partial charge in [0.1, 0.15) is 0 Å². The minimum Gasteiger partial charge on any atom is -0.419 e. The first kappa shape index (κ1) is 14.6. The Kier molecular flexibility index (Phi) is 4.46. The van der Waals surface area contributed by atoms with Crippen molar-refractivity contribution in [2.45, 2.75) is 19.4 Å². The quantitative estimate of drug-likeness (QED) is 0.663. The molecule has 1 N–H and O–H groups in total. The standard InChI is InChI=1S/C12H13BrN4O3/c1-3-10(14-2)12-16-15-11(20-12)7-4-8(13)6-9(5-7)17(18)19/h4-6,10,14H,3H2,1-2H3. The van der Waals surface area contributed by atoms with E-state index in [9.17, 15) is 10.1 Å². The summed E-state index contributed by atoms with van der Waals surface area (Å²) in [6, 6.07) is 4.49. The first-order chi connectivity index (χ1) is 9.55. The van der Waals surface area contributed by atoms with Gasteiger partial charge in [-0.25, -0.2) is 0 Å². The van der Waals surface area contributed by atoms with Crippen LogP contribution in [-0.4, -0.2) is 22.2 Å². The van der Waals surface area contributed by atoms with Crippen molar-refractivity contribution >= 4 is 21.6 Å². The smallest absolute Gasteiger partial charge is 0.271 e. The number of nitrogens with one attached hydrogen (secondary N) is 1. The molecule has 1 atom stereocenters. The minimum atomic E-state index is -0.464. The molecule has 0 saturated carbocycles. The Hall–Kier alpha value is -1.80. The molecule has 106 valence electrons. The van der Waals surface area contributed by atoms with Crippen LogP contribution < -0.4 is 5.32 Å². The average Bonchev–Trinajstić information content (AvgIpc) is 2.89. The third-order valence-corrected chi connectivity index (χ3v) is 3.29. The number of nitrogens with zero attached hydrogens (tertiary/aromatic N) is 3. The molecule has 7 nitrogen and oxygen atoms in total. The van der Waals surface area contributed by atoms with E-state index >= 15 is 0 Å². The van der Waals surface area contributed by atoms with Gasteiger partial charge in [-0.05, 0) is 19.5 Å². The largest absolute Gasteiger partial charge is 0.419 e. The van der Waals surface area contributed by atoms with Gasteiger partial charge in [0.25, 0.3) is 5.69 Å². The number of nitro benzene ring substituents is 1. The van der Waals surface area contributed by atoms with Crippen LogP contribution >= 0.6 is 15.9 Å². The predicted octanol–water partition coefficient (Wildman–Crippen LogP) is 3.08. The highest BCUT2D eigenvalue weighted by atomic mass is 79.9. The second-order valence-electron chi connectivity index (χ2n) is 4.15. The molecule has 1 aromatic carbocycles. The number of halogens is 1. The Morgan fingerprint density at radius 1 is 1.45 bits per heavy atom. The maximum Gasteiger partial charge on any atom is 0.271 e. The Morgan fingerprint density at radius 3 is 2.80 bits per heavy atom. The van der Waals surface area contributed by atoms with Gasteiger partial charge in [-0.3, -0.25) is 10.1 Å². The average molecular weight is 341 g/mol. The van der Waals surface area contributed by atoms with Gasteiger partial charge < -0.3 is 9.73 Å². The fourth-order valence-electron chi connectivity index (χ4n) is 1.80. The number of nitro groups is 1. The molecule has 1 aromatic heterocycles. The summed E-state index contributed by atoms with van der Waals surface area (Å²) in [7, 11) is 1.81. The zero-order valence-corrected chi connectivity index (χ0v) is 12.5. The van der Waals surface area contributed by atoms with Crippen LogP contribution in [0.3, 0.4) is 0 Å². The van der Waals surface area contributed by atoms with Crippen molar-refractivity contribution in [3.05, 3.63) is 38.7 Å². The van der Waals surface area contributed by atoms with Gasteiger partial charge in [-0.1, -0.05) is 22.9 Å². The number of non-ortho nitro benzene ring substituents is 1. The first-order valence-corrected chi connectivity index (χ1v) is 6.80. The molecular formula is C12H13BrN4O3. The number of aromatic nitrogens is 2. The number of hydrogen-bond donors (Lipinski definition) is 1. The second kappa shape index (κ2) is 6.10. The van der Waals surface area contributed by atoms with Crippen LogP contribution in [0.2, 0.25) is 0 Å². The fraction of sp³-hybridized carbons (Fsp3) is 0.333. The molecule has 0 amide bonds. The summed E-state index contributed by atoms with van der Waals surface area (Å²) in [5.74, 6) is 0.728. The van der Waals surface area contributed by atoms with E-state index in [-0.39, 0.29) is 17.6 Å². The Balaban J connectivity index is 2.39. The van der Waals surface area contributed by atoms with Crippen molar-refractivity contribution in [3.63, 3.8) is 0 Å². The third-order valence-electron chi connectivity index (χ3n) is 2.84. The van der Waals surface area contributed by atoms with Crippen molar-refractivity contribution in [1.29, 1.82) is 0 Å². The zero-order chi connectivity index (χ0) is 14.7. The first-order valence-electron chi connectivity index (χ1n) is 6.01. The molecule has 20 heavy (non-hydrogen) atoms. The molecule has 1 heterocycles. The fourth-order valence-corrected chi connectivity index (χ4v) is 2.28. The van der Waals surface area contributed by atoms with Gasteiger partial charge in [0.05, 0.1) is 11.0 Å². The van der Waals surface area contributed by atoms with Gasteiger partial charge in [0.2, 0.25) is 11.8 Å². The molecule has 0 radical (unpaired) electrons. The van der Waals surface area contributed by atoms with Gasteiger partial charge >= 0.3 is 0 Å². The predicted molar refractivity (Wildman–Crippen MR) is 76.2 cm³/mol. The van der Waals surface area contributed by atoms with Crippen molar-refractivity contribution in [2.24, 2.45) is 0 Å². The van der Waals surface area contributed by atoms with E-state index in [4.69, 9.17) is 4.42 Å². The number of benzene rings is 1. The van der Waals surface area contributed by atoms with Crippen molar-refractivity contribution in [3.8, 4) is 11.5 Å². The van der Waals surface area contributed by atoms with E-state index in [2.05, 4.69) is 31.4 Å². The zero-order valence-electron chi connectivity index (χ0n) is 11.0. The number of rotatable bonds is 5. The van der Waals surface area contributed by atoms with E-state index in [1.807, 2.05) is 14.0 Å². The molecule has 1 unspecified atom stereocenters. The monoisotopic (exact) mass is 340 g/mol. The summed E-state index contributed by atoms with van der Waals surface area (Å²) in [5.41, 5.74) is 0.477. The van der Waals surface area contributed by atoms with Crippen LogP contribution in [0.5, 0.6) is 0 Å². The van der Waals surface area contributed by atoms with Crippen LogP contribution in [0, 0.1) is 10.1 Å². The highest BCUT2D eigenvalue weighted by Gasteiger charge is 2.18. The lowest BCUT2D eigenvalue weighted by molar-refractivity contribution is -0.384. The summed E-state index contributed by atoms with van der Waals surface area (Å²) < 4.78 is 6.16. The van der Waals surface area contributed by atoms with E-state index < -0.39 is 4.92 Å². The maximum absolute atomic E-state index is 10.9. The molecule has 0 aliphatic heterocycles. The van der Waals surface area contributed by atoms with Crippen LogP contribution in [0.1, 0.15) is 25.3 Å². The molecule has 2 aromatic rings. The van der Waals surface area contributed by atoms with E-state index in [1.54, 1.807) is 6.07 Å². The van der Waals surface area contributed by atoms with Crippen LogP contribution in [0.4, 0.5) is 5.69 Å². The molecule has 8 heteroatoms. The minimum absolute atomic E-state index is 0.0293.